The number of carbonyl (C=O) groups is 1. The summed E-state index contributed by atoms with van der Waals surface area (Å²) in [6.07, 6.45) is 4.85. The Morgan fingerprint density at radius 2 is 2.35 bits per heavy atom. The third-order valence-electron chi connectivity index (χ3n) is 2.97. The SMILES string of the molecule is Cn1cc([N+](=O)[O-])c(N2CCCCC2C=O)n1. The predicted octanol–water partition coefficient (Wildman–Crippen LogP) is 0.886. The molecule has 92 valence electrons. The number of aryl methyl sites for hydroxylation is 1. The second-order valence-electron chi connectivity index (χ2n) is 4.16. The Morgan fingerprint density at radius 1 is 1.59 bits per heavy atom. The average Bonchev–Trinajstić information content (AvgIpc) is 2.71. The lowest BCUT2D eigenvalue weighted by Gasteiger charge is -2.31. The van der Waals surface area contributed by atoms with Crippen molar-refractivity contribution in [3.05, 3.63) is 16.3 Å². The minimum absolute atomic E-state index is 0.0405. The van der Waals surface area contributed by atoms with Crippen LogP contribution in [0.25, 0.3) is 0 Å². The molecule has 1 aromatic heterocycles. The monoisotopic (exact) mass is 238 g/mol. The fourth-order valence-electron chi connectivity index (χ4n) is 2.16. The molecule has 0 aliphatic carbocycles. The number of aromatic nitrogens is 2. The topological polar surface area (TPSA) is 81.3 Å². The molecule has 1 aromatic rings. The third-order valence-corrected chi connectivity index (χ3v) is 2.97. The van der Waals surface area contributed by atoms with Crippen LogP contribution in [-0.2, 0) is 11.8 Å². The number of nitro groups is 1. The number of piperidine rings is 1. The summed E-state index contributed by atoms with van der Waals surface area (Å²) in [5.74, 6) is 0.300. The quantitative estimate of drug-likeness (QED) is 0.443. The van der Waals surface area contributed by atoms with Gasteiger partial charge in [-0.2, -0.15) is 0 Å². The molecule has 0 amide bonds. The van der Waals surface area contributed by atoms with Gasteiger partial charge in [0.2, 0.25) is 5.82 Å². The highest BCUT2D eigenvalue weighted by Crippen LogP contribution is 2.30. The fourth-order valence-corrected chi connectivity index (χ4v) is 2.16. The molecule has 0 bridgehead atoms. The molecule has 1 aliphatic rings. The van der Waals surface area contributed by atoms with Gasteiger partial charge < -0.3 is 9.69 Å². The summed E-state index contributed by atoms with van der Waals surface area (Å²) in [6.45, 7) is 0.640. The van der Waals surface area contributed by atoms with Crippen LogP contribution in [0.3, 0.4) is 0 Å². The molecule has 0 saturated carbocycles. The predicted molar refractivity (Wildman–Crippen MR) is 60.9 cm³/mol. The van der Waals surface area contributed by atoms with Crippen LogP contribution in [0.5, 0.6) is 0 Å². The van der Waals surface area contributed by atoms with Crippen molar-refractivity contribution in [2.24, 2.45) is 7.05 Å². The molecular weight excluding hydrogens is 224 g/mol. The summed E-state index contributed by atoms with van der Waals surface area (Å²) < 4.78 is 1.41. The number of anilines is 1. The van der Waals surface area contributed by atoms with Gasteiger partial charge in [0, 0.05) is 13.6 Å². The highest BCUT2D eigenvalue weighted by molar-refractivity contribution is 5.69. The standard InChI is InChI=1S/C10H14N4O3/c1-12-6-9(14(16)17)10(11-12)13-5-3-2-4-8(13)7-15/h6-8H,2-5H2,1H3. The molecule has 1 atom stereocenters. The molecule has 1 fully saturated rings. The zero-order valence-corrected chi connectivity index (χ0v) is 9.57. The number of nitrogens with zero attached hydrogens (tertiary/aromatic N) is 4. The largest absolute Gasteiger partial charge is 0.340 e. The molecule has 0 radical (unpaired) electrons. The third kappa shape index (κ3) is 2.13. The average molecular weight is 238 g/mol. The van der Waals surface area contributed by atoms with E-state index >= 15 is 0 Å². The van der Waals surface area contributed by atoms with E-state index in [1.807, 2.05) is 0 Å². The maximum absolute atomic E-state index is 11.0. The van der Waals surface area contributed by atoms with Gasteiger partial charge >= 0.3 is 5.69 Å². The van der Waals surface area contributed by atoms with Crippen molar-refractivity contribution < 1.29 is 9.72 Å². The lowest BCUT2D eigenvalue weighted by atomic mass is 10.0. The van der Waals surface area contributed by atoms with Gasteiger partial charge in [0.05, 0.1) is 11.0 Å². The maximum atomic E-state index is 11.0. The molecule has 0 spiro atoms. The van der Waals surface area contributed by atoms with Crippen LogP contribution in [-0.4, -0.2) is 33.6 Å². The van der Waals surface area contributed by atoms with E-state index in [9.17, 15) is 14.9 Å². The van der Waals surface area contributed by atoms with E-state index < -0.39 is 4.92 Å². The smallest absolute Gasteiger partial charge is 0.330 e. The molecule has 1 aliphatic heterocycles. The number of rotatable bonds is 3. The lowest BCUT2D eigenvalue weighted by molar-refractivity contribution is -0.384. The summed E-state index contributed by atoms with van der Waals surface area (Å²) in [4.78, 5) is 23.2. The van der Waals surface area contributed by atoms with Gasteiger partial charge in [-0.05, 0) is 19.3 Å². The van der Waals surface area contributed by atoms with Crippen LogP contribution >= 0.6 is 0 Å². The second kappa shape index (κ2) is 4.52. The Hall–Kier alpha value is -1.92. The van der Waals surface area contributed by atoms with E-state index in [0.29, 0.717) is 12.4 Å². The van der Waals surface area contributed by atoms with Crippen molar-refractivity contribution in [2.45, 2.75) is 25.3 Å². The number of carbonyl (C=O) groups excluding carboxylic acids is 1. The van der Waals surface area contributed by atoms with E-state index in [2.05, 4.69) is 5.10 Å². The number of hydrogen-bond acceptors (Lipinski definition) is 5. The van der Waals surface area contributed by atoms with E-state index in [-0.39, 0.29) is 11.7 Å². The Labute approximate surface area is 98.2 Å². The van der Waals surface area contributed by atoms with Crippen molar-refractivity contribution in [3.8, 4) is 0 Å². The molecule has 17 heavy (non-hydrogen) atoms. The van der Waals surface area contributed by atoms with Gasteiger partial charge in [-0.15, -0.1) is 5.10 Å². The lowest BCUT2D eigenvalue weighted by Crippen LogP contribution is -2.41. The van der Waals surface area contributed by atoms with Crippen molar-refractivity contribution in [1.29, 1.82) is 0 Å². The summed E-state index contributed by atoms with van der Waals surface area (Å²) in [5, 5.41) is 15.0. The minimum Gasteiger partial charge on any atom is -0.340 e. The Kier molecular flexibility index (Phi) is 3.08. The van der Waals surface area contributed by atoms with Crippen molar-refractivity contribution in [2.75, 3.05) is 11.4 Å². The molecule has 2 rings (SSSR count). The molecule has 1 unspecified atom stereocenters. The van der Waals surface area contributed by atoms with Crippen LogP contribution in [0.2, 0.25) is 0 Å². The molecular formula is C10H14N4O3. The van der Waals surface area contributed by atoms with Crippen LogP contribution in [0.4, 0.5) is 11.5 Å². The first kappa shape index (κ1) is 11.6. The highest BCUT2D eigenvalue weighted by Gasteiger charge is 2.30. The fraction of sp³-hybridized carbons (Fsp3) is 0.600. The zero-order valence-electron chi connectivity index (χ0n) is 9.57. The molecule has 7 heteroatoms. The normalized spacial score (nSPS) is 20.3. The zero-order chi connectivity index (χ0) is 12.4. The summed E-state index contributed by atoms with van der Waals surface area (Å²) in [6, 6.07) is -0.294. The first-order chi connectivity index (χ1) is 8.13. The summed E-state index contributed by atoms with van der Waals surface area (Å²) in [5.41, 5.74) is -0.0405. The van der Waals surface area contributed by atoms with Gasteiger partial charge in [0.15, 0.2) is 0 Å². The Bertz CT molecular complexity index is 443. The molecule has 1 saturated heterocycles. The van der Waals surface area contributed by atoms with Crippen LogP contribution in [0.1, 0.15) is 19.3 Å². The maximum Gasteiger partial charge on any atom is 0.330 e. The summed E-state index contributed by atoms with van der Waals surface area (Å²) in [7, 11) is 1.64. The molecule has 7 nitrogen and oxygen atoms in total. The van der Waals surface area contributed by atoms with Gasteiger partial charge in [0.25, 0.3) is 0 Å². The van der Waals surface area contributed by atoms with Gasteiger partial charge in [-0.3, -0.25) is 14.8 Å². The molecule has 0 N–H and O–H groups in total. The van der Waals surface area contributed by atoms with Crippen molar-refractivity contribution >= 4 is 17.8 Å². The van der Waals surface area contributed by atoms with Crippen molar-refractivity contribution in [3.63, 3.8) is 0 Å². The van der Waals surface area contributed by atoms with Gasteiger partial charge in [-0.1, -0.05) is 0 Å². The summed E-state index contributed by atoms with van der Waals surface area (Å²) >= 11 is 0. The first-order valence-corrected chi connectivity index (χ1v) is 5.53. The van der Waals surface area contributed by atoms with Crippen molar-refractivity contribution in [1.82, 2.24) is 9.78 Å². The van der Waals surface area contributed by atoms with Crippen LogP contribution in [0, 0.1) is 10.1 Å². The number of aldehydes is 1. The van der Waals surface area contributed by atoms with Crippen LogP contribution < -0.4 is 4.90 Å². The van der Waals surface area contributed by atoms with E-state index in [1.165, 1.54) is 10.9 Å². The molecule has 0 aromatic carbocycles. The van der Waals surface area contributed by atoms with Crippen LogP contribution in [0.15, 0.2) is 6.20 Å². The minimum atomic E-state index is -0.460. The Balaban J connectivity index is 2.37. The first-order valence-electron chi connectivity index (χ1n) is 5.53. The van der Waals surface area contributed by atoms with Gasteiger partial charge in [0.1, 0.15) is 12.5 Å². The van der Waals surface area contributed by atoms with Gasteiger partial charge in [-0.25, -0.2) is 0 Å². The second-order valence-corrected chi connectivity index (χ2v) is 4.16. The number of hydrogen-bond donors (Lipinski definition) is 0. The van der Waals surface area contributed by atoms with E-state index in [1.54, 1.807) is 11.9 Å². The molecule has 2 heterocycles. The van der Waals surface area contributed by atoms with E-state index in [4.69, 9.17) is 0 Å². The Morgan fingerprint density at radius 3 is 3.00 bits per heavy atom. The van der Waals surface area contributed by atoms with E-state index in [0.717, 1.165) is 25.5 Å². The highest BCUT2D eigenvalue weighted by atomic mass is 16.6.